The second kappa shape index (κ2) is 7.69. The lowest BCUT2D eigenvalue weighted by Gasteiger charge is -2.12. The number of hydrogen-bond donors (Lipinski definition) is 3. The Labute approximate surface area is 144 Å². The molecule has 1 aliphatic heterocycles. The number of anilines is 1. The topological polar surface area (TPSA) is 59.3 Å². The highest BCUT2D eigenvalue weighted by Crippen LogP contribution is 2.31. The molecule has 128 valence electrons. The molecule has 0 spiro atoms. The average molecular weight is 325 g/mol. The molecule has 1 fully saturated rings. The molecule has 1 saturated heterocycles. The summed E-state index contributed by atoms with van der Waals surface area (Å²) in [6.07, 6.45) is 2.09. The minimum atomic E-state index is 0.303. The predicted octanol–water partition coefficient (Wildman–Crippen LogP) is 3.97. The third-order valence-corrected chi connectivity index (χ3v) is 4.49. The van der Waals surface area contributed by atoms with E-state index in [1.807, 2.05) is 12.1 Å². The number of benzene rings is 2. The van der Waals surface area contributed by atoms with Crippen LogP contribution >= 0.6 is 0 Å². The fourth-order valence-corrected chi connectivity index (χ4v) is 2.93. The molecule has 0 aliphatic carbocycles. The van der Waals surface area contributed by atoms with E-state index in [0.717, 1.165) is 30.9 Å². The van der Waals surface area contributed by atoms with Crippen molar-refractivity contribution in [3.63, 3.8) is 0 Å². The van der Waals surface area contributed by atoms with Gasteiger partial charge in [-0.3, -0.25) is 0 Å². The molecule has 2 aromatic carbocycles. The summed E-state index contributed by atoms with van der Waals surface area (Å²) in [6, 6.07) is 17.1. The molecule has 0 bridgehead atoms. The summed E-state index contributed by atoms with van der Waals surface area (Å²) < 4.78 is 5.79. The molecular formula is C20H27N3O. The number of ether oxygens (including phenoxy) is 1. The minimum Gasteiger partial charge on any atom is -0.494 e. The Morgan fingerprint density at radius 1 is 0.958 bits per heavy atom. The van der Waals surface area contributed by atoms with Crippen molar-refractivity contribution in [3.8, 4) is 5.75 Å². The van der Waals surface area contributed by atoms with Crippen LogP contribution in [0.25, 0.3) is 0 Å². The van der Waals surface area contributed by atoms with Gasteiger partial charge in [0.15, 0.2) is 0 Å². The van der Waals surface area contributed by atoms with Crippen molar-refractivity contribution in [2.45, 2.75) is 38.8 Å². The molecule has 1 aliphatic rings. The molecule has 4 nitrogen and oxygen atoms in total. The van der Waals surface area contributed by atoms with Crippen LogP contribution in [0.2, 0.25) is 0 Å². The monoisotopic (exact) mass is 325 g/mol. The van der Waals surface area contributed by atoms with E-state index in [1.165, 1.54) is 11.1 Å². The first-order valence-electron chi connectivity index (χ1n) is 8.71. The molecule has 2 unspecified atom stereocenters. The molecule has 4 N–H and O–H groups in total. The average Bonchev–Trinajstić information content (AvgIpc) is 3.06. The molecule has 2 aromatic rings. The maximum absolute atomic E-state index is 5.79. The van der Waals surface area contributed by atoms with E-state index in [9.17, 15) is 0 Å². The van der Waals surface area contributed by atoms with Crippen LogP contribution in [0.3, 0.4) is 0 Å². The standard InChI is InChI=1S/C20H27N3O/c1-14(2)11-12-24-18-9-5-16(6-10-18)20-13-19(22-23-20)15-3-7-17(21)8-4-15/h3-10,14,19-20,22-23H,11-13,21H2,1-2H3. The van der Waals surface area contributed by atoms with Crippen molar-refractivity contribution in [1.29, 1.82) is 0 Å². The summed E-state index contributed by atoms with van der Waals surface area (Å²) >= 11 is 0. The number of nitrogens with one attached hydrogen (secondary N) is 2. The summed E-state index contributed by atoms with van der Waals surface area (Å²) in [5, 5.41) is 0. The highest BCUT2D eigenvalue weighted by Gasteiger charge is 2.25. The molecule has 0 aromatic heterocycles. The Kier molecular flexibility index (Phi) is 5.38. The SMILES string of the molecule is CC(C)CCOc1ccc(C2CC(c3ccc(N)cc3)NN2)cc1. The predicted molar refractivity (Wildman–Crippen MR) is 98.6 cm³/mol. The highest BCUT2D eigenvalue weighted by atomic mass is 16.5. The van der Waals surface area contributed by atoms with Gasteiger partial charge in [-0.1, -0.05) is 38.1 Å². The van der Waals surface area contributed by atoms with Crippen LogP contribution in [0.4, 0.5) is 5.69 Å². The lowest BCUT2D eigenvalue weighted by atomic mass is 9.97. The lowest BCUT2D eigenvalue weighted by Crippen LogP contribution is -2.26. The van der Waals surface area contributed by atoms with E-state index in [2.05, 4.69) is 61.1 Å². The van der Waals surface area contributed by atoms with E-state index in [0.29, 0.717) is 18.0 Å². The summed E-state index contributed by atoms with van der Waals surface area (Å²) in [6.45, 7) is 5.20. The fourth-order valence-electron chi connectivity index (χ4n) is 2.93. The smallest absolute Gasteiger partial charge is 0.119 e. The van der Waals surface area contributed by atoms with Gasteiger partial charge < -0.3 is 10.5 Å². The normalized spacial score (nSPS) is 20.5. The Bertz CT molecular complexity index is 637. The molecule has 0 saturated carbocycles. The largest absolute Gasteiger partial charge is 0.494 e. The van der Waals surface area contributed by atoms with Crippen LogP contribution in [-0.4, -0.2) is 6.61 Å². The van der Waals surface area contributed by atoms with Crippen LogP contribution in [0.5, 0.6) is 5.75 Å². The number of hydrazine groups is 1. The second-order valence-corrected chi connectivity index (χ2v) is 6.90. The third kappa shape index (κ3) is 4.28. The Balaban J connectivity index is 1.56. The first kappa shape index (κ1) is 16.8. The van der Waals surface area contributed by atoms with Gasteiger partial charge in [-0.05, 0) is 54.2 Å². The minimum absolute atomic E-state index is 0.303. The summed E-state index contributed by atoms with van der Waals surface area (Å²) in [4.78, 5) is 0. The van der Waals surface area contributed by atoms with Gasteiger partial charge in [-0.25, -0.2) is 10.9 Å². The molecule has 0 radical (unpaired) electrons. The van der Waals surface area contributed by atoms with E-state index in [4.69, 9.17) is 10.5 Å². The zero-order valence-corrected chi connectivity index (χ0v) is 14.5. The van der Waals surface area contributed by atoms with Crippen molar-refractivity contribution in [2.24, 2.45) is 5.92 Å². The summed E-state index contributed by atoms with van der Waals surface area (Å²) in [5.41, 5.74) is 15.9. The van der Waals surface area contributed by atoms with Gasteiger partial charge in [0.1, 0.15) is 5.75 Å². The van der Waals surface area contributed by atoms with Crippen molar-refractivity contribution in [1.82, 2.24) is 10.9 Å². The molecule has 3 rings (SSSR count). The number of nitrogens with two attached hydrogens (primary N) is 1. The molecule has 0 amide bonds. The van der Waals surface area contributed by atoms with Crippen LogP contribution in [0.1, 0.15) is 49.9 Å². The summed E-state index contributed by atoms with van der Waals surface area (Å²) in [7, 11) is 0. The molecular weight excluding hydrogens is 298 g/mol. The number of nitrogen functional groups attached to an aromatic ring is 1. The van der Waals surface area contributed by atoms with Gasteiger partial charge in [0.05, 0.1) is 6.61 Å². The van der Waals surface area contributed by atoms with Gasteiger partial charge >= 0.3 is 0 Å². The van der Waals surface area contributed by atoms with Crippen molar-refractivity contribution >= 4 is 5.69 Å². The van der Waals surface area contributed by atoms with E-state index < -0.39 is 0 Å². The van der Waals surface area contributed by atoms with Gasteiger partial charge in [0.2, 0.25) is 0 Å². The molecule has 24 heavy (non-hydrogen) atoms. The van der Waals surface area contributed by atoms with Crippen LogP contribution in [-0.2, 0) is 0 Å². The molecule has 4 heteroatoms. The Morgan fingerprint density at radius 3 is 2.04 bits per heavy atom. The number of hydrogen-bond acceptors (Lipinski definition) is 4. The quantitative estimate of drug-likeness (QED) is 0.703. The van der Waals surface area contributed by atoms with Gasteiger partial charge in [-0.2, -0.15) is 0 Å². The third-order valence-electron chi connectivity index (χ3n) is 4.49. The summed E-state index contributed by atoms with van der Waals surface area (Å²) in [5.74, 6) is 1.61. The molecule has 1 heterocycles. The first-order valence-corrected chi connectivity index (χ1v) is 8.71. The molecule has 2 atom stereocenters. The zero-order chi connectivity index (χ0) is 16.9. The zero-order valence-electron chi connectivity index (χ0n) is 14.5. The van der Waals surface area contributed by atoms with Gasteiger partial charge in [-0.15, -0.1) is 0 Å². The van der Waals surface area contributed by atoms with Crippen molar-refractivity contribution < 1.29 is 4.74 Å². The van der Waals surface area contributed by atoms with Gasteiger partial charge in [0.25, 0.3) is 0 Å². The van der Waals surface area contributed by atoms with E-state index in [1.54, 1.807) is 0 Å². The maximum Gasteiger partial charge on any atom is 0.119 e. The van der Waals surface area contributed by atoms with Crippen molar-refractivity contribution in [2.75, 3.05) is 12.3 Å². The van der Waals surface area contributed by atoms with E-state index >= 15 is 0 Å². The van der Waals surface area contributed by atoms with Crippen LogP contribution in [0.15, 0.2) is 48.5 Å². The Morgan fingerprint density at radius 2 is 1.50 bits per heavy atom. The highest BCUT2D eigenvalue weighted by molar-refractivity contribution is 5.40. The Hall–Kier alpha value is -2.04. The fraction of sp³-hybridized carbons (Fsp3) is 0.400. The van der Waals surface area contributed by atoms with Gasteiger partial charge in [0, 0.05) is 17.8 Å². The first-order chi connectivity index (χ1) is 11.6. The second-order valence-electron chi connectivity index (χ2n) is 6.90. The van der Waals surface area contributed by atoms with Crippen LogP contribution in [0, 0.1) is 5.92 Å². The maximum atomic E-state index is 5.79. The lowest BCUT2D eigenvalue weighted by molar-refractivity contribution is 0.289. The number of rotatable bonds is 6. The van der Waals surface area contributed by atoms with Crippen LogP contribution < -0.4 is 21.3 Å². The van der Waals surface area contributed by atoms with E-state index in [-0.39, 0.29) is 0 Å². The van der Waals surface area contributed by atoms with Crippen molar-refractivity contribution in [3.05, 3.63) is 59.7 Å².